The summed E-state index contributed by atoms with van der Waals surface area (Å²) in [5.41, 5.74) is 0.542. The molecule has 2 heterocycles. The Morgan fingerprint density at radius 2 is 1.57 bits per heavy atom. The lowest BCUT2D eigenvalue weighted by molar-refractivity contribution is -0.121. The lowest BCUT2D eigenvalue weighted by atomic mass is 10.0. The van der Waals surface area contributed by atoms with Crippen molar-refractivity contribution in [1.82, 2.24) is 13.9 Å². The zero-order chi connectivity index (χ0) is 21.9. The van der Waals surface area contributed by atoms with E-state index in [1.54, 1.807) is 12.1 Å². The van der Waals surface area contributed by atoms with Crippen molar-refractivity contribution in [3.8, 4) is 0 Å². The Hall–Kier alpha value is -1.53. The number of nitrogens with one attached hydrogen (secondary N) is 2. The molecule has 1 aromatic carbocycles. The van der Waals surface area contributed by atoms with Crippen LogP contribution in [0.15, 0.2) is 29.2 Å². The van der Waals surface area contributed by atoms with Gasteiger partial charge >= 0.3 is 0 Å². The Morgan fingerprint density at radius 1 is 1.00 bits per heavy atom. The van der Waals surface area contributed by atoms with Crippen LogP contribution >= 0.6 is 0 Å². The number of hydrogen-bond donors (Lipinski definition) is 2. The molecule has 0 spiro atoms. The molecule has 1 amide bonds. The lowest BCUT2D eigenvalue weighted by Crippen LogP contribution is -2.50. The van der Waals surface area contributed by atoms with Crippen LogP contribution in [0.5, 0.6) is 0 Å². The van der Waals surface area contributed by atoms with E-state index < -0.39 is 20.0 Å². The molecule has 168 valence electrons. The molecule has 9 nitrogen and oxygen atoms in total. The number of hydrogen-bond acceptors (Lipinski definition) is 6. The van der Waals surface area contributed by atoms with Crippen LogP contribution < -0.4 is 10.0 Å². The van der Waals surface area contributed by atoms with Crippen LogP contribution in [0.2, 0.25) is 0 Å². The number of amides is 1. The quantitative estimate of drug-likeness (QED) is 0.625. The number of carbonyl (C=O) groups excluding carboxylic acids is 1. The number of sulfonamides is 2. The molecular weight excluding hydrogens is 428 g/mol. The van der Waals surface area contributed by atoms with Crippen molar-refractivity contribution >= 4 is 31.6 Å². The van der Waals surface area contributed by atoms with E-state index in [1.807, 2.05) is 11.8 Å². The third-order valence-electron chi connectivity index (χ3n) is 5.66. The van der Waals surface area contributed by atoms with Crippen molar-refractivity contribution in [2.75, 3.05) is 37.8 Å². The molecule has 3 rings (SSSR count). The van der Waals surface area contributed by atoms with Crippen molar-refractivity contribution in [1.29, 1.82) is 0 Å². The van der Waals surface area contributed by atoms with Gasteiger partial charge in [0.05, 0.1) is 17.2 Å². The average Bonchev–Trinajstić information content (AvgIpc) is 3.23. The molecule has 2 saturated heterocycles. The minimum Gasteiger partial charge on any atom is -0.325 e. The van der Waals surface area contributed by atoms with Gasteiger partial charge in [0.2, 0.25) is 26.0 Å². The summed E-state index contributed by atoms with van der Waals surface area (Å²) in [5, 5.41) is 2.84. The van der Waals surface area contributed by atoms with Crippen LogP contribution in [0.3, 0.4) is 0 Å². The second kappa shape index (κ2) is 9.31. The van der Waals surface area contributed by atoms with Crippen LogP contribution in [0.1, 0.15) is 32.6 Å². The maximum absolute atomic E-state index is 12.6. The van der Waals surface area contributed by atoms with Gasteiger partial charge in [-0.2, -0.15) is 4.31 Å². The lowest BCUT2D eigenvalue weighted by Gasteiger charge is -2.35. The molecular formula is C19H30N4O5S2. The smallest absolute Gasteiger partial charge is 0.243 e. The van der Waals surface area contributed by atoms with Crippen LogP contribution in [-0.2, 0) is 24.8 Å². The first kappa shape index (κ1) is 23.1. The Labute approximate surface area is 178 Å². The van der Waals surface area contributed by atoms with Crippen molar-refractivity contribution in [3.05, 3.63) is 24.3 Å². The number of piperidine rings is 1. The largest absolute Gasteiger partial charge is 0.325 e. The molecule has 1 atom stereocenters. The van der Waals surface area contributed by atoms with Gasteiger partial charge in [0.15, 0.2) is 0 Å². The number of nitrogens with zero attached hydrogens (tertiary/aromatic N) is 2. The maximum atomic E-state index is 12.6. The molecule has 0 bridgehead atoms. The molecule has 30 heavy (non-hydrogen) atoms. The van der Waals surface area contributed by atoms with Crippen LogP contribution in [-0.4, -0.2) is 76.5 Å². The molecule has 2 fully saturated rings. The number of benzene rings is 1. The third-order valence-corrected chi connectivity index (χ3v) is 8.34. The Kier molecular flexibility index (Phi) is 7.18. The highest BCUT2D eigenvalue weighted by molar-refractivity contribution is 7.89. The molecule has 0 aromatic heterocycles. The highest BCUT2D eigenvalue weighted by Crippen LogP contribution is 2.22. The summed E-state index contributed by atoms with van der Waals surface area (Å²) in [7, 11) is -6.70. The summed E-state index contributed by atoms with van der Waals surface area (Å²) >= 11 is 0. The minimum atomic E-state index is -3.47. The predicted molar refractivity (Wildman–Crippen MR) is 115 cm³/mol. The van der Waals surface area contributed by atoms with Crippen LogP contribution in [0, 0.1) is 0 Å². The third kappa shape index (κ3) is 5.79. The first-order valence-corrected chi connectivity index (χ1v) is 13.5. The van der Waals surface area contributed by atoms with Gasteiger partial charge in [-0.05, 0) is 56.9 Å². The van der Waals surface area contributed by atoms with Crippen molar-refractivity contribution < 1.29 is 21.6 Å². The van der Waals surface area contributed by atoms with Gasteiger partial charge < -0.3 is 5.32 Å². The van der Waals surface area contributed by atoms with E-state index in [0.717, 1.165) is 19.1 Å². The molecule has 2 N–H and O–H groups in total. The van der Waals surface area contributed by atoms with Crippen LogP contribution in [0.4, 0.5) is 5.69 Å². The summed E-state index contributed by atoms with van der Waals surface area (Å²) in [4.78, 5) is 14.9. The fourth-order valence-electron chi connectivity index (χ4n) is 3.91. The minimum absolute atomic E-state index is 0.100. The topological polar surface area (TPSA) is 116 Å². The van der Waals surface area contributed by atoms with Crippen molar-refractivity contribution in [2.24, 2.45) is 0 Å². The van der Waals surface area contributed by atoms with Gasteiger partial charge in [-0.3, -0.25) is 9.69 Å². The summed E-state index contributed by atoms with van der Waals surface area (Å²) < 4.78 is 52.0. The zero-order valence-corrected chi connectivity index (χ0v) is 19.0. The van der Waals surface area contributed by atoms with Crippen LogP contribution in [0.25, 0.3) is 0 Å². The van der Waals surface area contributed by atoms with E-state index in [9.17, 15) is 21.6 Å². The molecule has 2 aliphatic rings. The number of anilines is 1. The highest BCUT2D eigenvalue weighted by atomic mass is 32.2. The van der Waals surface area contributed by atoms with Crippen molar-refractivity contribution in [2.45, 2.75) is 49.6 Å². The fourth-order valence-corrected chi connectivity index (χ4v) is 6.27. The molecule has 0 radical (unpaired) electrons. The van der Waals surface area contributed by atoms with E-state index in [0.29, 0.717) is 44.7 Å². The Bertz CT molecular complexity index is 949. The highest BCUT2D eigenvalue weighted by Gasteiger charge is 2.29. The average molecular weight is 459 g/mol. The SMILES string of the molecule is C[C@H](C(=O)Nc1ccc(S(=O)(=O)N2CCCC2)cc1)N1CCC(NS(C)(=O)=O)CC1. The van der Waals surface area contributed by atoms with E-state index in [-0.39, 0.29) is 22.9 Å². The number of likely N-dealkylation sites (tertiary alicyclic amines) is 1. The Balaban J connectivity index is 1.54. The van der Waals surface area contributed by atoms with Gasteiger partial charge in [-0.15, -0.1) is 0 Å². The van der Waals surface area contributed by atoms with E-state index in [4.69, 9.17) is 0 Å². The monoisotopic (exact) mass is 458 g/mol. The molecule has 2 aliphatic heterocycles. The number of carbonyl (C=O) groups is 1. The summed E-state index contributed by atoms with van der Waals surface area (Å²) in [6.07, 6.45) is 4.21. The molecule has 0 unspecified atom stereocenters. The van der Waals surface area contributed by atoms with Gasteiger partial charge in [-0.1, -0.05) is 0 Å². The van der Waals surface area contributed by atoms with Crippen molar-refractivity contribution in [3.63, 3.8) is 0 Å². The second-order valence-corrected chi connectivity index (χ2v) is 11.7. The molecule has 1 aromatic rings. The molecule has 0 saturated carbocycles. The van der Waals surface area contributed by atoms with E-state index in [2.05, 4.69) is 10.0 Å². The molecule has 11 heteroatoms. The van der Waals surface area contributed by atoms with Gasteiger partial charge in [0, 0.05) is 37.9 Å². The normalized spacial score (nSPS) is 20.9. The second-order valence-electron chi connectivity index (χ2n) is 8.00. The van der Waals surface area contributed by atoms with E-state index in [1.165, 1.54) is 16.4 Å². The summed E-state index contributed by atoms with van der Waals surface area (Å²) in [6, 6.07) is 5.78. The number of rotatable bonds is 7. The standard InChI is InChI=1S/C19H30N4O5S2/c1-15(22-13-9-17(10-14-22)21-29(2,25)26)19(24)20-16-5-7-18(8-6-16)30(27,28)23-11-3-4-12-23/h5-8,15,17,21H,3-4,9-14H2,1-2H3,(H,20,24)/t15-/m1/s1. The zero-order valence-electron chi connectivity index (χ0n) is 17.4. The fraction of sp³-hybridized carbons (Fsp3) is 0.632. The Morgan fingerprint density at radius 3 is 2.10 bits per heavy atom. The van der Waals surface area contributed by atoms with Gasteiger partial charge in [-0.25, -0.2) is 21.6 Å². The molecule has 0 aliphatic carbocycles. The van der Waals surface area contributed by atoms with Gasteiger partial charge in [0.1, 0.15) is 0 Å². The van der Waals surface area contributed by atoms with Gasteiger partial charge in [0.25, 0.3) is 0 Å². The predicted octanol–water partition coefficient (Wildman–Crippen LogP) is 0.812. The maximum Gasteiger partial charge on any atom is 0.243 e. The first-order chi connectivity index (χ1) is 14.1. The summed E-state index contributed by atoms with van der Waals surface area (Å²) in [5.74, 6) is -0.181. The first-order valence-electron chi connectivity index (χ1n) is 10.2. The van der Waals surface area contributed by atoms with E-state index >= 15 is 0 Å². The summed E-state index contributed by atoms with van der Waals surface area (Å²) in [6.45, 7) is 4.15.